The van der Waals surface area contributed by atoms with Gasteiger partial charge in [-0.1, -0.05) is 0 Å². The average Bonchev–Trinajstić information content (AvgIpc) is 3.16. The number of rotatable bonds is 5. The van der Waals surface area contributed by atoms with Crippen LogP contribution in [0.15, 0.2) is 61.2 Å². The third kappa shape index (κ3) is 3.45. The maximum Gasteiger partial charge on any atom is 0.241 e. The minimum atomic E-state index is -0.514. The molecule has 7 nitrogen and oxygen atoms in total. The number of nitrogens with zero attached hydrogens (tertiary/aromatic N) is 3. The molecule has 4 rings (SSSR count). The molecule has 0 radical (unpaired) electrons. The van der Waals surface area contributed by atoms with Crippen LogP contribution in [-0.2, 0) is 4.79 Å². The van der Waals surface area contributed by atoms with Gasteiger partial charge in [-0.25, -0.2) is 9.97 Å². The SMILES string of the molecule is COc1cc(-c2c[nH]c3ncc(-c4ccnc(C=CC(N)=O)c4)cc23)ccn1. The second-order valence-electron chi connectivity index (χ2n) is 6.11. The van der Waals surface area contributed by atoms with Gasteiger partial charge in [0.2, 0.25) is 11.8 Å². The van der Waals surface area contributed by atoms with E-state index in [1.807, 2.05) is 30.5 Å². The van der Waals surface area contributed by atoms with Crippen LogP contribution in [0.4, 0.5) is 0 Å². The topological polar surface area (TPSA) is 107 Å². The van der Waals surface area contributed by atoms with Crippen LogP contribution in [0.2, 0.25) is 0 Å². The second kappa shape index (κ2) is 7.32. The van der Waals surface area contributed by atoms with Crippen molar-refractivity contribution in [2.45, 2.75) is 0 Å². The number of methoxy groups -OCH3 is 1. The van der Waals surface area contributed by atoms with Crippen molar-refractivity contribution in [3.63, 3.8) is 0 Å². The number of hydrogen-bond acceptors (Lipinski definition) is 5. The summed E-state index contributed by atoms with van der Waals surface area (Å²) in [7, 11) is 1.59. The molecule has 0 spiro atoms. The summed E-state index contributed by atoms with van der Waals surface area (Å²) in [6.45, 7) is 0. The molecule has 28 heavy (non-hydrogen) atoms. The number of hydrogen-bond donors (Lipinski definition) is 2. The van der Waals surface area contributed by atoms with E-state index in [4.69, 9.17) is 10.5 Å². The van der Waals surface area contributed by atoms with Crippen molar-refractivity contribution in [3.8, 4) is 28.1 Å². The summed E-state index contributed by atoms with van der Waals surface area (Å²) in [6.07, 6.45) is 9.99. The summed E-state index contributed by atoms with van der Waals surface area (Å²) in [5, 5.41) is 0.983. The van der Waals surface area contributed by atoms with E-state index >= 15 is 0 Å². The van der Waals surface area contributed by atoms with E-state index in [0.717, 1.165) is 33.3 Å². The van der Waals surface area contributed by atoms with Gasteiger partial charge in [-0.15, -0.1) is 0 Å². The zero-order valence-corrected chi connectivity index (χ0v) is 15.1. The maximum atomic E-state index is 10.9. The van der Waals surface area contributed by atoms with Gasteiger partial charge in [0.15, 0.2) is 0 Å². The summed E-state index contributed by atoms with van der Waals surface area (Å²) in [6, 6.07) is 9.65. The van der Waals surface area contributed by atoms with Crippen LogP contribution in [0.5, 0.6) is 5.88 Å². The molecule has 0 atom stereocenters. The van der Waals surface area contributed by atoms with E-state index in [9.17, 15) is 4.79 Å². The van der Waals surface area contributed by atoms with Crippen LogP contribution in [0.3, 0.4) is 0 Å². The first-order valence-electron chi connectivity index (χ1n) is 8.55. The molecule has 0 unspecified atom stereocenters. The van der Waals surface area contributed by atoms with Crippen LogP contribution in [-0.4, -0.2) is 33.0 Å². The van der Waals surface area contributed by atoms with Crippen molar-refractivity contribution in [2.24, 2.45) is 5.73 Å². The minimum absolute atomic E-state index is 0.514. The van der Waals surface area contributed by atoms with E-state index in [2.05, 4.69) is 26.0 Å². The number of fused-ring (bicyclic) bond motifs is 1. The van der Waals surface area contributed by atoms with Gasteiger partial charge in [-0.05, 0) is 41.5 Å². The van der Waals surface area contributed by atoms with Crippen molar-refractivity contribution >= 4 is 23.0 Å². The minimum Gasteiger partial charge on any atom is -0.481 e. The van der Waals surface area contributed by atoms with E-state index < -0.39 is 5.91 Å². The number of ether oxygens (including phenoxy) is 1. The fourth-order valence-corrected chi connectivity index (χ4v) is 2.98. The van der Waals surface area contributed by atoms with Crippen molar-refractivity contribution in [1.29, 1.82) is 0 Å². The van der Waals surface area contributed by atoms with Gasteiger partial charge in [-0.3, -0.25) is 9.78 Å². The summed E-state index contributed by atoms with van der Waals surface area (Å²) in [4.78, 5) is 27.1. The van der Waals surface area contributed by atoms with Gasteiger partial charge in [0.25, 0.3) is 0 Å². The first kappa shape index (κ1) is 17.4. The van der Waals surface area contributed by atoms with Crippen molar-refractivity contribution in [2.75, 3.05) is 7.11 Å². The van der Waals surface area contributed by atoms with Crippen LogP contribution in [0, 0.1) is 0 Å². The fourth-order valence-electron chi connectivity index (χ4n) is 2.98. The number of primary amides is 1. The molecule has 4 aromatic rings. The van der Waals surface area contributed by atoms with Crippen LogP contribution >= 0.6 is 0 Å². The molecule has 3 N–H and O–H groups in total. The standard InChI is InChI=1S/C21H17N5O2/c1-28-20-10-14(5-7-24-20)18-12-26-21-17(18)9-15(11-25-21)13-4-6-23-16(8-13)2-3-19(22)27/h2-12H,1H3,(H2,22,27)(H,25,26). The number of carbonyl (C=O) groups is 1. The summed E-state index contributed by atoms with van der Waals surface area (Å²) >= 11 is 0. The lowest BCUT2D eigenvalue weighted by molar-refractivity contribution is -0.113. The summed E-state index contributed by atoms with van der Waals surface area (Å²) in [5.74, 6) is 0.0380. The third-order valence-corrected chi connectivity index (χ3v) is 4.32. The van der Waals surface area contributed by atoms with Crippen LogP contribution in [0.1, 0.15) is 5.69 Å². The maximum absolute atomic E-state index is 10.9. The highest BCUT2D eigenvalue weighted by Crippen LogP contribution is 2.32. The molecule has 0 aliphatic carbocycles. The lowest BCUT2D eigenvalue weighted by Gasteiger charge is -2.05. The van der Waals surface area contributed by atoms with E-state index in [0.29, 0.717) is 11.6 Å². The van der Waals surface area contributed by atoms with Gasteiger partial charge in [0.1, 0.15) is 5.65 Å². The zero-order valence-electron chi connectivity index (χ0n) is 15.1. The zero-order chi connectivity index (χ0) is 19.5. The molecule has 7 heteroatoms. The summed E-state index contributed by atoms with van der Waals surface area (Å²) in [5.41, 5.74) is 10.4. The number of carbonyl (C=O) groups excluding carboxylic acids is 1. The molecular formula is C21H17N5O2. The van der Waals surface area contributed by atoms with Gasteiger partial charge in [-0.2, -0.15) is 0 Å². The van der Waals surface area contributed by atoms with Gasteiger partial charge in [0, 0.05) is 53.4 Å². The highest BCUT2D eigenvalue weighted by molar-refractivity contribution is 5.96. The smallest absolute Gasteiger partial charge is 0.241 e. The quantitative estimate of drug-likeness (QED) is 0.524. The molecule has 0 aliphatic heterocycles. The van der Waals surface area contributed by atoms with Crippen molar-refractivity contribution in [1.82, 2.24) is 19.9 Å². The first-order chi connectivity index (χ1) is 13.6. The predicted molar refractivity (Wildman–Crippen MR) is 107 cm³/mol. The van der Waals surface area contributed by atoms with Crippen LogP contribution < -0.4 is 10.5 Å². The number of amides is 1. The number of H-pyrrole nitrogens is 1. The molecule has 0 bridgehead atoms. The Morgan fingerprint density at radius 2 is 1.89 bits per heavy atom. The van der Waals surface area contributed by atoms with Gasteiger partial charge < -0.3 is 15.5 Å². The highest BCUT2D eigenvalue weighted by atomic mass is 16.5. The van der Waals surface area contributed by atoms with Crippen LogP contribution in [0.25, 0.3) is 39.4 Å². The number of aromatic amines is 1. The summed E-state index contributed by atoms with van der Waals surface area (Å²) < 4.78 is 5.23. The molecule has 138 valence electrons. The Morgan fingerprint density at radius 3 is 2.71 bits per heavy atom. The predicted octanol–water partition coefficient (Wildman–Crippen LogP) is 3.19. The number of nitrogens with two attached hydrogens (primary N) is 1. The monoisotopic (exact) mass is 371 g/mol. The number of aromatic nitrogens is 4. The molecule has 1 amide bonds. The number of nitrogens with one attached hydrogen (secondary N) is 1. The molecular weight excluding hydrogens is 354 g/mol. The Labute approximate surface area is 160 Å². The molecule has 0 saturated carbocycles. The Morgan fingerprint density at radius 1 is 1.07 bits per heavy atom. The molecule has 0 fully saturated rings. The molecule has 0 saturated heterocycles. The van der Waals surface area contributed by atoms with Gasteiger partial charge in [0.05, 0.1) is 12.8 Å². The normalized spacial score (nSPS) is 11.2. The molecule has 0 aromatic carbocycles. The average molecular weight is 371 g/mol. The largest absolute Gasteiger partial charge is 0.481 e. The van der Waals surface area contributed by atoms with E-state index in [1.54, 1.807) is 31.8 Å². The van der Waals surface area contributed by atoms with Crippen molar-refractivity contribution < 1.29 is 9.53 Å². The van der Waals surface area contributed by atoms with Gasteiger partial charge >= 0.3 is 0 Å². The Balaban J connectivity index is 1.78. The highest BCUT2D eigenvalue weighted by Gasteiger charge is 2.10. The number of pyridine rings is 3. The molecule has 4 aromatic heterocycles. The lowest BCUT2D eigenvalue weighted by Crippen LogP contribution is -2.05. The Hall–Kier alpha value is -4.00. The Kier molecular flexibility index (Phi) is 4.55. The van der Waals surface area contributed by atoms with E-state index in [1.165, 1.54) is 6.08 Å². The van der Waals surface area contributed by atoms with E-state index in [-0.39, 0.29) is 0 Å². The fraction of sp³-hybridized carbons (Fsp3) is 0.0476. The van der Waals surface area contributed by atoms with Crippen molar-refractivity contribution in [3.05, 3.63) is 66.9 Å². The Bertz CT molecular complexity index is 1200. The second-order valence-corrected chi connectivity index (χ2v) is 6.11. The first-order valence-corrected chi connectivity index (χ1v) is 8.55. The molecule has 0 aliphatic rings. The molecule has 4 heterocycles. The lowest BCUT2D eigenvalue weighted by atomic mass is 10.0. The third-order valence-electron chi connectivity index (χ3n) is 4.32.